The van der Waals surface area contributed by atoms with Crippen molar-refractivity contribution in [3.8, 4) is 0 Å². The van der Waals surface area contributed by atoms with Crippen LogP contribution in [0.5, 0.6) is 0 Å². The number of carbonyl (C=O) groups excluding carboxylic acids is 2. The van der Waals surface area contributed by atoms with Gasteiger partial charge in [-0.2, -0.15) is 0 Å². The van der Waals surface area contributed by atoms with Gasteiger partial charge < -0.3 is 0 Å². The Labute approximate surface area is 106 Å². The molecule has 0 aromatic heterocycles. The van der Waals surface area contributed by atoms with Crippen LogP contribution < -0.4 is 5.32 Å². The van der Waals surface area contributed by atoms with Crippen molar-refractivity contribution in [3.05, 3.63) is 35.4 Å². The summed E-state index contributed by atoms with van der Waals surface area (Å²) in [6.45, 7) is 0. The van der Waals surface area contributed by atoms with Gasteiger partial charge in [0, 0.05) is 13.1 Å². The van der Waals surface area contributed by atoms with E-state index in [1.165, 1.54) is 16.0 Å². The fourth-order valence-corrected chi connectivity index (χ4v) is 2.86. The Balaban J connectivity index is 1.76. The predicted octanol–water partition coefficient (Wildman–Crippen LogP) is 1.02. The average molecular weight is 244 g/mol. The molecule has 2 unspecified atom stereocenters. The number of rotatable bonds is 2. The van der Waals surface area contributed by atoms with Gasteiger partial charge in [0.2, 0.25) is 11.8 Å². The first-order valence-electron chi connectivity index (χ1n) is 6.31. The van der Waals surface area contributed by atoms with E-state index >= 15 is 0 Å². The summed E-state index contributed by atoms with van der Waals surface area (Å²) in [6.07, 6.45) is 2.33. The molecule has 4 heteroatoms. The van der Waals surface area contributed by atoms with Crippen LogP contribution in [-0.2, 0) is 16.0 Å². The molecule has 1 N–H and O–H groups in total. The lowest BCUT2D eigenvalue weighted by Gasteiger charge is -2.18. The lowest BCUT2D eigenvalue weighted by molar-refractivity contribution is -0.137. The average Bonchev–Trinajstić information content (AvgIpc) is 2.89. The lowest BCUT2D eigenvalue weighted by atomic mass is 10.1. The van der Waals surface area contributed by atoms with E-state index in [0.29, 0.717) is 0 Å². The van der Waals surface area contributed by atoms with Gasteiger partial charge in [-0.15, -0.1) is 0 Å². The number of hydrogen-bond donors (Lipinski definition) is 1. The number of carbonyl (C=O) groups is 2. The third-order valence-electron chi connectivity index (χ3n) is 3.92. The Morgan fingerprint density at radius 3 is 2.72 bits per heavy atom. The Bertz CT molecular complexity index is 512. The van der Waals surface area contributed by atoms with Crippen LogP contribution >= 0.6 is 0 Å². The van der Waals surface area contributed by atoms with E-state index in [1.54, 1.807) is 7.05 Å². The molecule has 2 amide bonds. The lowest BCUT2D eigenvalue weighted by Crippen LogP contribution is -2.38. The molecule has 18 heavy (non-hydrogen) atoms. The standard InChI is InChI=1S/C14H16N2O2/c1-16-13(17)8-12(14(16)18)15-11-7-6-9-4-2-3-5-10(9)11/h2-5,11-12,15H,6-8H2,1H3. The fourth-order valence-electron chi connectivity index (χ4n) is 2.86. The quantitative estimate of drug-likeness (QED) is 0.790. The normalized spacial score (nSPS) is 26.8. The highest BCUT2D eigenvalue weighted by molar-refractivity contribution is 6.05. The Kier molecular flexibility index (Phi) is 2.67. The van der Waals surface area contributed by atoms with Gasteiger partial charge in [0.15, 0.2) is 0 Å². The van der Waals surface area contributed by atoms with Crippen molar-refractivity contribution in [1.29, 1.82) is 0 Å². The van der Waals surface area contributed by atoms with E-state index in [2.05, 4.69) is 17.4 Å². The Morgan fingerprint density at radius 1 is 1.22 bits per heavy atom. The minimum absolute atomic E-state index is 0.0937. The minimum Gasteiger partial charge on any atom is -0.298 e. The maximum absolute atomic E-state index is 11.9. The first-order valence-corrected chi connectivity index (χ1v) is 6.31. The molecule has 1 aromatic carbocycles. The Hall–Kier alpha value is -1.68. The number of nitrogens with zero attached hydrogens (tertiary/aromatic N) is 1. The van der Waals surface area contributed by atoms with E-state index < -0.39 is 0 Å². The highest BCUT2D eigenvalue weighted by Gasteiger charge is 2.38. The zero-order valence-corrected chi connectivity index (χ0v) is 10.3. The molecule has 0 spiro atoms. The summed E-state index contributed by atoms with van der Waals surface area (Å²) >= 11 is 0. The molecule has 0 radical (unpaired) electrons. The van der Waals surface area contributed by atoms with Crippen LogP contribution in [0.3, 0.4) is 0 Å². The zero-order valence-electron chi connectivity index (χ0n) is 10.3. The molecule has 1 fully saturated rings. The number of likely N-dealkylation sites (tertiary alicyclic amines) is 1. The summed E-state index contributed by atoms with van der Waals surface area (Å²) in [7, 11) is 1.55. The molecule has 1 heterocycles. The van der Waals surface area contributed by atoms with Crippen LogP contribution in [0.25, 0.3) is 0 Å². The van der Waals surface area contributed by atoms with E-state index in [9.17, 15) is 9.59 Å². The zero-order chi connectivity index (χ0) is 12.7. The molecule has 3 rings (SSSR count). The van der Waals surface area contributed by atoms with Crippen LogP contribution in [0.15, 0.2) is 24.3 Å². The van der Waals surface area contributed by atoms with Gasteiger partial charge in [-0.3, -0.25) is 19.8 Å². The number of amides is 2. The van der Waals surface area contributed by atoms with Gasteiger partial charge >= 0.3 is 0 Å². The van der Waals surface area contributed by atoms with Crippen molar-refractivity contribution in [2.45, 2.75) is 31.3 Å². The summed E-state index contributed by atoms with van der Waals surface area (Å²) < 4.78 is 0. The topological polar surface area (TPSA) is 49.4 Å². The second kappa shape index (κ2) is 4.21. The highest BCUT2D eigenvalue weighted by Crippen LogP contribution is 2.31. The summed E-state index contributed by atoms with van der Waals surface area (Å²) in [5.74, 6) is -0.201. The third-order valence-corrected chi connectivity index (χ3v) is 3.92. The maximum Gasteiger partial charge on any atom is 0.246 e. The summed E-state index contributed by atoms with van der Waals surface area (Å²) in [5.41, 5.74) is 2.62. The second-order valence-electron chi connectivity index (χ2n) is 5.00. The third kappa shape index (κ3) is 1.73. The van der Waals surface area contributed by atoms with Gasteiger partial charge in [0.1, 0.15) is 0 Å². The fraction of sp³-hybridized carbons (Fsp3) is 0.429. The maximum atomic E-state index is 11.9. The van der Waals surface area contributed by atoms with Crippen LogP contribution in [0.2, 0.25) is 0 Å². The number of hydrogen-bond acceptors (Lipinski definition) is 3. The van der Waals surface area contributed by atoms with Gasteiger partial charge in [-0.25, -0.2) is 0 Å². The van der Waals surface area contributed by atoms with Crippen LogP contribution in [-0.4, -0.2) is 29.8 Å². The summed E-state index contributed by atoms with van der Waals surface area (Å²) in [5, 5.41) is 3.33. The van der Waals surface area contributed by atoms with Gasteiger partial charge in [-0.1, -0.05) is 24.3 Å². The minimum atomic E-state index is -0.348. The molecule has 1 aromatic rings. The molecule has 0 saturated carbocycles. The molecule has 0 bridgehead atoms. The number of imide groups is 1. The van der Waals surface area contributed by atoms with E-state index in [4.69, 9.17) is 0 Å². The van der Waals surface area contributed by atoms with Crippen molar-refractivity contribution < 1.29 is 9.59 Å². The number of nitrogens with one attached hydrogen (secondary N) is 1. The largest absolute Gasteiger partial charge is 0.298 e. The predicted molar refractivity (Wildman–Crippen MR) is 66.8 cm³/mol. The molecule has 1 aliphatic carbocycles. The van der Waals surface area contributed by atoms with E-state index in [-0.39, 0.29) is 30.3 Å². The smallest absolute Gasteiger partial charge is 0.246 e. The van der Waals surface area contributed by atoms with Gasteiger partial charge in [-0.05, 0) is 24.0 Å². The number of likely N-dealkylation sites (N-methyl/N-ethyl adjacent to an activating group) is 1. The van der Waals surface area contributed by atoms with Crippen molar-refractivity contribution in [2.75, 3.05) is 7.05 Å². The van der Waals surface area contributed by atoms with Crippen molar-refractivity contribution in [2.24, 2.45) is 0 Å². The van der Waals surface area contributed by atoms with Crippen LogP contribution in [0, 0.1) is 0 Å². The van der Waals surface area contributed by atoms with Crippen molar-refractivity contribution in [3.63, 3.8) is 0 Å². The van der Waals surface area contributed by atoms with Gasteiger partial charge in [0.05, 0.1) is 12.5 Å². The van der Waals surface area contributed by atoms with Crippen LogP contribution in [0.1, 0.15) is 30.0 Å². The first kappa shape index (κ1) is 11.4. The highest BCUT2D eigenvalue weighted by atomic mass is 16.2. The second-order valence-corrected chi connectivity index (χ2v) is 5.00. The number of fused-ring (bicyclic) bond motifs is 1. The van der Waals surface area contributed by atoms with Gasteiger partial charge in [0.25, 0.3) is 0 Å². The molecule has 1 saturated heterocycles. The number of aryl methyl sites for hydroxylation is 1. The van der Waals surface area contributed by atoms with Crippen molar-refractivity contribution in [1.82, 2.24) is 10.2 Å². The summed E-state index contributed by atoms with van der Waals surface area (Å²) in [6, 6.07) is 8.15. The molecular weight excluding hydrogens is 228 g/mol. The monoisotopic (exact) mass is 244 g/mol. The van der Waals surface area contributed by atoms with Crippen molar-refractivity contribution >= 4 is 11.8 Å². The SMILES string of the molecule is CN1C(=O)CC(NC2CCc3ccccc32)C1=O. The van der Waals surface area contributed by atoms with E-state index in [0.717, 1.165) is 12.8 Å². The molecule has 4 nitrogen and oxygen atoms in total. The van der Waals surface area contributed by atoms with Crippen LogP contribution in [0.4, 0.5) is 0 Å². The number of benzene rings is 1. The molecular formula is C14H16N2O2. The molecule has 94 valence electrons. The molecule has 1 aliphatic heterocycles. The molecule has 2 atom stereocenters. The Morgan fingerprint density at radius 2 is 2.00 bits per heavy atom. The molecule has 2 aliphatic rings. The summed E-state index contributed by atoms with van der Waals surface area (Å²) in [4.78, 5) is 24.6. The first-order chi connectivity index (χ1) is 8.66. The van der Waals surface area contributed by atoms with E-state index in [1.807, 2.05) is 12.1 Å².